The molecule has 104 valence electrons. The molecule has 0 saturated carbocycles. The third-order valence-electron chi connectivity index (χ3n) is 3.84. The molecule has 1 aromatic rings. The van der Waals surface area contributed by atoms with Crippen LogP contribution < -0.4 is 4.74 Å². The monoisotopic (exact) mass is 261 g/mol. The summed E-state index contributed by atoms with van der Waals surface area (Å²) in [5, 5.41) is 0. The highest BCUT2D eigenvalue weighted by atomic mass is 16.5. The second-order valence-corrected chi connectivity index (χ2v) is 6.29. The first-order valence-corrected chi connectivity index (χ1v) is 6.84. The molecule has 1 heterocycles. The van der Waals surface area contributed by atoms with Gasteiger partial charge in [0, 0.05) is 19.0 Å². The van der Waals surface area contributed by atoms with Gasteiger partial charge < -0.3 is 9.64 Å². The molecule has 0 spiro atoms. The van der Waals surface area contributed by atoms with E-state index in [1.54, 1.807) is 7.11 Å². The maximum Gasteiger partial charge on any atom is 0.223 e. The van der Waals surface area contributed by atoms with Gasteiger partial charge in [-0.2, -0.15) is 0 Å². The van der Waals surface area contributed by atoms with Crippen LogP contribution >= 0.6 is 0 Å². The van der Waals surface area contributed by atoms with E-state index in [1.165, 1.54) is 0 Å². The summed E-state index contributed by atoms with van der Waals surface area (Å²) in [5.74, 6) is 1.12. The van der Waals surface area contributed by atoms with Gasteiger partial charge in [0.05, 0.1) is 7.11 Å². The Balaban J connectivity index is 2.13. The van der Waals surface area contributed by atoms with Crippen LogP contribution in [-0.2, 0) is 11.3 Å². The minimum Gasteiger partial charge on any atom is -0.497 e. The summed E-state index contributed by atoms with van der Waals surface area (Å²) in [6, 6.07) is 8.29. The first kappa shape index (κ1) is 13.9. The summed E-state index contributed by atoms with van der Waals surface area (Å²) in [6.45, 7) is 7.32. The average Bonchev–Trinajstić information content (AvgIpc) is 2.72. The molecule has 0 bridgehead atoms. The lowest BCUT2D eigenvalue weighted by Gasteiger charge is -2.35. The van der Waals surface area contributed by atoms with Gasteiger partial charge in [-0.15, -0.1) is 0 Å². The van der Waals surface area contributed by atoms with Crippen LogP contribution in [0.2, 0.25) is 0 Å². The number of nitrogens with zero attached hydrogens (tertiary/aromatic N) is 1. The average molecular weight is 261 g/mol. The minimum atomic E-state index is 0.138. The Kier molecular flexibility index (Phi) is 3.83. The maximum absolute atomic E-state index is 12.1. The molecule has 1 fully saturated rings. The number of methoxy groups -OCH3 is 1. The third kappa shape index (κ3) is 3.09. The number of likely N-dealkylation sites (tertiary alicyclic amines) is 1. The van der Waals surface area contributed by atoms with Crippen LogP contribution in [0.3, 0.4) is 0 Å². The van der Waals surface area contributed by atoms with Gasteiger partial charge >= 0.3 is 0 Å². The fraction of sp³-hybridized carbons (Fsp3) is 0.562. The van der Waals surface area contributed by atoms with Crippen LogP contribution in [0.4, 0.5) is 0 Å². The summed E-state index contributed by atoms with van der Waals surface area (Å²) < 4.78 is 5.16. The summed E-state index contributed by atoms with van der Waals surface area (Å²) in [7, 11) is 1.66. The van der Waals surface area contributed by atoms with Gasteiger partial charge in [-0.1, -0.05) is 32.9 Å². The van der Waals surface area contributed by atoms with E-state index in [0.717, 1.165) is 17.7 Å². The molecule has 2 rings (SSSR count). The first-order valence-electron chi connectivity index (χ1n) is 6.84. The van der Waals surface area contributed by atoms with Crippen LogP contribution in [-0.4, -0.2) is 24.0 Å². The molecular formula is C16H23NO2. The number of rotatable bonds is 3. The van der Waals surface area contributed by atoms with Crippen molar-refractivity contribution in [3.05, 3.63) is 29.8 Å². The number of benzene rings is 1. The van der Waals surface area contributed by atoms with Gasteiger partial charge in [0.25, 0.3) is 0 Å². The van der Waals surface area contributed by atoms with E-state index in [-0.39, 0.29) is 11.3 Å². The molecule has 1 aromatic carbocycles. The van der Waals surface area contributed by atoms with Crippen molar-refractivity contribution in [3.8, 4) is 5.75 Å². The number of carbonyl (C=O) groups is 1. The minimum absolute atomic E-state index is 0.138. The molecule has 1 aliphatic rings. The van der Waals surface area contributed by atoms with Crippen LogP contribution in [0, 0.1) is 5.41 Å². The Morgan fingerprint density at radius 2 is 1.89 bits per heavy atom. The molecule has 0 radical (unpaired) electrons. The fourth-order valence-electron chi connectivity index (χ4n) is 2.76. The van der Waals surface area contributed by atoms with Gasteiger partial charge in [-0.25, -0.2) is 0 Å². The van der Waals surface area contributed by atoms with Crippen LogP contribution in [0.1, 0.15) is 39.2 Å². The molecule has 0 aromatic heterocycles. The Morgan fingerprint density at radius 1 is 1.26 bits per heavy atom. The van der Waals surface area contributed by atoms with Crippen LogP contribution in [0.5, 0.6) is 5.75 Å². The highest BCUT2D eigenvalue weighted by molar-refractivity contribution is 5.78. The molecule has 1 saturated heterocycles. The van der Waals surface area contributed by atoms with E-state index < -0.39 is 0 Å². The van der Waals surface area contributed by atoms with Gasteiger partial charge in [0.1, 0.15) is 5.75 Å². The zero-order chi connectivity index (χ0) is 14.0. The number of amides is 1. The van der Waals surface area contributed by atoms with E-state index in [2.05, 4.69) is 20.8 Å². The highest BCUT2D eigenvalue weighted by Crippen LogP contribution is 2.34. The smallest absolute Gasteiger partial charge is 0.223 e. The molecule has 1 amide bonds. The zero-order valence-corrected chi connectivity index (χ0v) is 12.3. The maximum atomic E-state index is 12.1. The number of ether oxygens (including phenoxy) is 1. The van der Waals surface area contributed by atoms with Gasteiger partial charge in [0.2, 0.25) is 5.91 Å². The summed E-state index contributed by atoms with van der Waals surface area (Å²) in [6.07, 6.45) is 1.65. The molecule has 1 aliphatic heterocycles. The predicted octanol–water partition coefficient (Wildman–Crippen LogP) is 3.23. The number of hydrogen-bond donors (Lipinski definition) is 0. The lowest BCUT2D eigenvalue weighted by molar-refractivity contribution is -0.130. The van der Waals surface area contributed by atoms with Crippen molar-refractivity contribution in [3.63, 3.8) is 0 Å². The van der Waals surface area contributed by atoms with Crippen molar-refractivity contribution in [2.45, 2.75) is 46.2 Å². The number of hydrogen-bond acceptors (Lipinski definition) is 2. The summed E-state index contributed by atoms with van der Waals surface area (Å²) >= 11 is 0. The lowest BCUT2D eigenvalue weighted by Crippen LogP contribution is -2.40. The van der Waals surface area contributed by atoms with E-state index in [0.29, 0.717) is 19.0 Å². The van der Waals surface area contributed by atoms with Gasteiger partial charge in [-0.05, 0) is 29.5 Å². The second-order valence-electron chi connectivity index (χ2n) is 6.29. The van der Waals surface area contributed by atoms with E-state index >= 15 is 0 Å². The zero-order valence-electron chi connectivity index (χ0n) is 12.3. The SMILES string of the molecule is COc1ccc(CN2C(=O)CC[C@@H]2C(C)(C)C)cc1. The molecule has 19 heavy (non-hydrogen) atoms. The van der Waals surface area contributed by atoms with Crippen LogP contribution in [0.15, 0.2) is 24.3 Å². The molecule has 0 N–H and O–H groups in total. The Bertz CT molecular complexity index is 445. The first-order chi connectivity index (χ1) is 8.91. The lowest BCUT2D eigenvalue weighted by atomic mass is 9.85. The second kappa shape index (κ2) is 5.24. The summed E-state index contributed by atoms with van der Waals surface area (Å²) in [5.41, 5.74) is 1.30. The quantitative estimate of drug-likeness (QED) is 0.836. The van der Waals surface area contributed by atoms with Crippen molar-refractivity contribution in [1.29, 1.82) is 0 Å². The molecule has 1 atom stereocenters. The van der Waals surface area contributed by atoms with E-state index in [1.807, 2.05) is 29.2 Å². The van der Waals surface area contributed by atoms with Crippen molar-refractivity contribution in [1.82, 2.24) is 4.90 Å². The number of carbonyl (C=O) groups excluding carboxylic acids is 1. The Hall–Kier alpha value is -1.51. The topological polar surface area (TPSA) is 29.5 Å². The largest absolute Gasteiger partial charge is 0.497 e. The van der Waals surface area contributed by atoms with Crippen LogP contribution in [0.25, 0.3) is 0 Å². The van der Waals surface area contributed by atoms with Crippen molar-refractivity contribution in [2.24, 2.45) is 5.41 Å². The molecular weight excluding hydrogens is 238 g/mol. The summed E-state index contributed by atoms with van der Waals surface area (Å²) in [4.78, 5) is 14.1. The molecule has 0 unspecified atom stereocenters. The van der Waals surface area contributed by atoms with Crippen molar-refractivity contribution >= 4 is 5.91 Å². The normalized spacial score (nSPS) is 19.9. The Labute approximate surface area is 115 Å². The molecule has 3 heteroatoms. The van der Waals surface area contributed by atoms with Crippen molar-refractivity contribution < 1.29 is 9.53 Å². The fourth-order valence-corrected chi connectivity index (χ4v) is 2.76. The molecule has 3 nitrogen and oxygen atoms in total. The van der Waals surface area contributed by atoms with Crippen molar-refractivity contribution in [2.75, 3.05) is 7.11 Å². The molecule has 0 aliphatic carbocycles. The van der Waals surface area contributed by atoms with Gasteiger partial charge in [-0.3, -0.25) is 4.79 Å². The highest BCUT2D eigenvalue weighted by Gasteiger charge is 2.38. The Morgan fingerprint density at radius 3 is 2.42 bits per heavy atom. The predicted molar refractivity (Wildman–Crippen MR) is 76.0 cm³/mol. The van der Waals surface area contributed by atoms with Gasteiger partial charge in [0.15, 0.2) is 0 Å². The standard InChI is InChI=1S/C16H23NO2/c1-16(2,3)14-9-10-15(18)17(14)11-12-5-7-13(19-4)8-6-12/h5-8,14H,9-11H2,1-4H3/t14-/m1/s1. The third-order valence-corrected chi connectivity index (χ3v) is 3.84. The van der Waals surface area contributed by atoms with E-state index in [4.69, 9.17) is 4.74 Å². The van der Waals surface area contributed by atoms with E-state index in [9.17, 15) is 4.79 Å².